The Morgan fingerprint density at radius 2 is 2.32 bits per heavy atom. The molecule has 1 N–H and O–H groups in total. The highest BCUT2D eigenvalue weighted by Gasteiger charge is 2.30. The minimum absolute atomic E-state index is 0.252. The number of nitrogens with zero attached hydrogens (tertiary/aromatic N) is 4. The molecule has 3 rings (SSSR count). The SMILES string of the molecule is COc1ccc(Cn2nc3n(c2=O)[C@@H](C(=O)O)CCC3)cn1. The summed E-state index contributed by atoms with van der Waals surface area (Å²) in [7, 11) is 1.53. The maximum atomic E-state index is 12.4. The first-order valence-corrected chi connectivity index (χ1v) is 7.00. The minimum Gasteiger partial charge on any atom is -0.481 e. The van der Waals surface area contributed by atoms with Gasteiger partial charge >= 0.3 is 11.7 Å². The molecule has 0 saturated heterocycles. The standard InChI is InChI=1S/C14H16N4O4/c1-22-12-6-5-9(7-15-12)8-17-14(21)18-10(13(19)20)3-2-4-11(18)16-17/h5-7,10H,2-4,8H2,1H3,(H,19,20)/t10-/m1/s1. The Hall–Kier alpha value is -2.64. The van der Waals surface area contributed by atoms with E-state index in [4.69, 9.17) is 4.74 Å². The van der Waals surface area contributed by atoms with Crippen LogP contribution in [-0.4, -0.2) is 37.5 Å². The second-order valence-corrected chi connectivity index (χ2v) is 5.18. The van der Waals surface area contributed by atoms with Crippen molar-refractivity contribution in [3.05, 3.63) is 40.2 Å². The predicted octanol–water partition coefficient (Wildman–Crippen LogP) is 0.459. The topological polar surface area (TPSA) is 99.2 Å². The lowest BCUT2D eigenvalue weighted by atomic mass is 10.1. The van der Waals surface area contributed by atoms with E-state index in [9.17, 15) is 14.7 Å². The molecule has 1 aliphatic rings. The molecule has 0 fully saturated rings. The molecule has 8 heteroatoms. The van der Waals surface area contributed by atoms with Crippen molar-refractivity contribution in [3.8, 4) is 5.88 Å². The summed E-state index contributed by atoms with van der Waals surface area (Å²) in [4.78, 5) is 27.8. The summed E-state index contributed by atoms with van der Waals surface area (Å²) < 4.78 is 7.57. The van der Waals surface area contributed by atoms with Crippen LogP contribution in [0.15, 0.2) is 23.1 Å². The Morgan fingerprint density at radius 3 is 2.95 bits per heavy atom. The van der Waals surface area contributed by atoms with Crippen LogP contribution in [0.3, 0.4) is 0 Å². The molecule has 0 amide bonds. The molecule has 0 spiro atoms. The van der Waals surface area contributed by atoms with E-state index in [0.717, 1.165) is 12.0 Å². The smallest absolute Gasteiger partial charge is 0.347 e. The fraction of sp³-hybridized carbons (Fsp3) is 0.429. The monoisotopic (exact) mass is 304 g/mol. The fourth-order valence-electron chi connectivity index (χ4n) is 2.67. The van der Waals surface area contributed by atoms with Gasteiger partial charge in [-0.25, -0.2) is 19.3 Å². The lowest BCUT2D eigenvalue weighted by Gasteiger charge is -2.19. The first-order chi connectivity index (χ1) is 10.6. The molecular weight excluding hydrogens is 288 g/mol. The molecule has 0 saturated carbocycles. The molecule has 8 nitrogen and oxygen atoms in total. The molecule has 0 aliphatic carbocycles. The maximum Gasteiger partial charge on any atom is 0.347 e. The molecule has 0 radical (unpaired) electrons. The largest absolute Gasteiger partial charge is 0.481 e. The van der Waals surface area contributed by atoms with Crippen LogP contribution in [0, 0.1) is 0 Å². The molecule has 2 aromatic rings. The summed E-state index contributed by atoms with van der Waals surface area (Å²) in [5.41, 5.74) is 0.406. The maximum absolute atomic E-state index is 12.4. The number of fused-ring (bicyclic) bond motifs is 1. The fourth-order valence-corrected chi connectivity index (χ4v) is 2.67. The number of ether oxygens (including phenoxy) is 1. The number of carboxylic acids is 1. The number of hydrogen-bond donors (Lipinski definition) is 1. The average Bonchev–Trinajstić information content (AvgIpc) is 2.84. The molecule has 0 unspecified atom stereocenters. The van der Waals surface area contributed by atoms with Gasteiger partial charge in [0.2, 0.25) is 5.88 Å². The van der Waals surface area contributed by atoms with Crippen molar-refractivity contribution in [2.45, 2.75) is 31.8 Å². The zero-order valence-electron chi connectivity index (χ0n) is 12.1. The van der Waals surface area contributed by atoms with E-state index >= 15 is 0 Å². The third-order valence-corrected chi connectivity index (χ3v) is 3.75. The van der Waals surface area contributed by atoms with Crippen molar-refractivity contribution in [3.63, 3.8) is 0 Å². The lowest BCUT2D eigenvalue weighted by Crippen LogP contribution is -2.34. The number of rotatable bonds is 4. The van der Waals surface area contributed by atoms with E-state index in [2.05, 4.69) is 10.1 Å². The Kier molecular flexibility index (Phi) is 3.66. The van der Waals surface area contributed by atoms with Gasteiger partial charge in [-0.15, -0.1) is 0 Å². The van der Waals surface area contributed by atoms with Gasteiger partial charge in [0.15, 0.2) is 0 Å². The normalized spacial score (nSPS) is 17.0. The predicted molar refractivity (Wildman–Crippen MR) is 76.0 cm³/mol. The van der Waals surface area contributed by atoms with Crippen LogP contribution in [0.2, 0.25) is 0 Å². The van der Waals surface area contributed by atoms with Crippen molar-refractivity contribution in [1.82, 2.24) is 19.3 Å². The van der Waals surface area contributed by atoms with E-state index < -0.39 is 17.7 Å². The number of carbonyl (C=O) groups is 1. The third kappa shape index (κ3) is 2.47. The van der Waals surface area contributed by atoms with Gasteiger partial charge in [0.1, 0.15) is 11.9 Å². The van der Waals surface area contributed by atoms with Gasteiger partial charge < -0.3 is 9.84 Å². The quantitative estimate of drug-likeness (QED) is 0.881. The summed E-state index contributed by atoms with van der Waals surface area (Å²) in [5.74, 6) is 0.0324. The van der Waals surface area contributed by atoms with Gasteiger partial charge in [0.05, 0.1) is 13.7 Å². The number of carboxylic acid groups (broad SMARTS) is 1. The van der Waals surface area contributed by atoms with E-state index in [0.29, 0.717) is 24.5 Å². The van der Waals surface area contributed by atoms with Crippen molar-refractivity contribution in [2.24, 2.45) is 0 Å². The molecular formula is C14H16N4O4. The summed E-state index contributed by atoms with van der Waals surface area (Å²) in [5, 5.41) is 13.5. The second kappa shape index (κ2) is 5.63. The third-order valence-electron chi connectivity index (χ3n) is 3.75. The Labute approximate surface area is 126 Å². The Bertz CT molecular complexity index is 747. The summed E-state index contributed by atoms with van der Waals surface area (Å²) >= 11 is 0. The summed E-state index contributed by atoms with van der Waals surface area (Å²) in [6.45, 7) is 0.252. The number of pyridine rings is 1. The number of aromatic nitrogens is 4. The average molecular weight is 304 g/mol. The molecule has 1 aliphatic heterocycles. The molecule has 3 heterocycles. The first-order valence-electron chi connectivity index (χ1n) is 7.00. The van der Waals surface area contributed by atoms with Crippen LogP contribution in [0.25, 0.3) is 0 Å². The van der Waals surface area contributed by atoms with E-state index in [1.807, 2.05) is 0 Å². The van der Waals surface area contributed by atoms with Gasteiger partial charge in [0.25, 0.3) is 0 Å². The highest BCUT2D eigenvalue weighted by atomic mass is 16.5. The number of hydrogen-bond acceptors (Lipinski definition) is 5. The van der Waals surface area contributed by atoms with Crippen LogP contribution in [-0.2, 0) is 17.8 Å². The summed E-state index contributed by atoms with van der Waals surface area (Å²) in [6.07, 6.45) is 3.40. The van der Waals surface area contributed by atoms with Gasteiger partial charge in [-0.3, -0.25) is 4.57 Å². The van der Waals surface area contributed by atoms with Crippen LogP contribution in [0.1, 0.15) is 30.3 Å². The van der Waals surface area contributed by atoms with Crippen LogP contribution in [0.4, 0.5) is 0 Å². The van der Waals surface area contributed by atoms with Crippen molar-refractivity contribution in [1.29, 1.82) is 0 Å². The van der Waals surface area contributed by atoms with E-state index in [1.165, 1.54) is 16.4 Å². The van der Waals surface area contributed by atoms with Gasteiger partial charge in [-0.1, -0.05) is 6.07 Å². The van der Waals surface area contributed by atoms with Crippen LogP contribution < -0.4 is 10.4 Å². The van der Waals surface area contributed by atoms with Gasteiger partial charge in [0, 0.05) is 18.7 Å². The molecule has 1 atom stereocenters. The Balaban J connectivity index is 1.92. The zero-order chi connectivity index (χ0) is 15.7. The van der Waals surface area contributed by atoms with E-state index in [-0.39, 0.29) is 6.54 Å². The van der Waals surface area contributed by atoms with Crippen molar-refractivity contribution < 1.29 is 14.6 Å². The first kappa shape index (κ1) is 14.3. The molecule has 116 valence electrons. The summed E-state index contributed by atoms with van der Waals surface area (Å²) in [6, 6.07) is 2.68. The van der Waals surface area contributed by atoms with Gasteiger partial charge in [-0.2, -0.15) is 5.10 Å². The number of methoxy groups -OCH3 is 1. The van der Waals surface area contributed by atoms with Crippen molar-refractivity contribution in [2.75, 3.05) is 7.11 Å². The van der Waals surface area contributed by atoms with Crippen molar-refractivity contribution >= 4 is 5.97 Å². The molecule has 0 bridgehead atoms. The van der Waals surface area contributed by atoms with Crippen LogP contribution in [0.5, 0.6) is 5.88 Å². The zero-order valence-corrected chi connectivity index (χ0v) is 12.1. The minimum atomic E-state index is -0.992. The van der Waals surface area contributed by atoms with E-state index in [1.54, 1.807) is 18.3 Å². The second-order valence-electron chi connectivity index (χ2n) is 5.18. The molecule has 22 heavy (non-hydrogen) atoms. The number of aliphatic carboxylic acids is 1. The molecule has 2 aromatic heterocycles. The number of aryl methyl sites for hydroxylation is 1. The van der Waals surface area contributed by atoms with Crippen LogP contribution >= 0.6 is 0 Å². The van der Waals surface area contributed by atoms with Gasteiger partial charge in [-0.05, 0) is 18.4 Å². The highest BCUT2D eigenvalue weighted by Crippen LogP contribution is 2.21. The Morgan fingerprint density at radius 1 is 1.50 bits per heavy atom. The molecule has 0 aromatic carbocycles. The lowest BCUT2D eigenvalue weighted by molar-refractivity contribution is -0.141. The highest BCUT2D eigenvalue weighted by molar-refractivity contribution is 5.72.